The molecule has 0 aliphatic rings. The van der Waals surface area contributed by atoms with Gasteiger partial charge in [0.15, 0.2) is 0 Å². The minimum atomic E-state index is -0.0846. The standard InChI is InChI=1S/C28H37N3O.C26H33N3O/c1-3-5-7-14-20-30(21-15-8-6-4-2)31(28(32)24-16-10-9-11-17-24)26-22-25-18-12-13-19-27(25)29-23-26;1-3-5-11-17-29(18-12-6-4-2)25-16-10-8-14-23(25)26(30)28-22-19-21-13-7-9-15-24(21)27-20-22/h9-13,16-19,22-23H,3-8,14-15,20-21H2,1-2H3;7-10,13-16,19-20H,3-6,11-12,17-18H2,1-2H3,(H,28,30). The molecule has 0 bridgehead atoms. The summed E-state index contributed by atoms with van der Waals surface area (Å²) >= 11 is 0. The molecule has 0 aliphatic carbocycles. The number of anilines is 3. The van der Waals surface area contributed by atoms with Gasteiger partial charge in [0, 0.05) is 48.2 Å². The molecule has 0 radical (unpaired) electrons. The van der Waals surface area contributed by atoms with Crippen molar-refractivity contribution in [3.63, 3.8) is 0 Å². The average molecular weight is 835 g/mol. The highest BCUT2D eigenvalue weighted by atomic mass is 16.2. The van der Waals surface area contributed by atoms with Crippen LogP contribution in [0, 0.1) is 0 Å². The van der Waals surface area contributed by atoms with Crippen molar-refractivity contribution in [1.29, 1.82) is 0 Å². The maximum Gasteiger partial charge on any atom is 0.272 e. The number of rotatable bonds is 24. The number of carbonyl (C=O) groups is 2. The van der Waals surface area contributed by atoms with Crippen LogP contribution in [0.5, 0.6) is 0 Å². The zero-order chi connectivity index (χ0) is 43.8. The highest BCUT2D eigenvalue weighted by Gasteiger charge is 2.25. The Balaban J connectivity index is 0.000000235. The molecule has 0 fully saturated rings. The van der Waals surface area contributed by atoms with Crippen LogP contribution in [0.15, 0.2) is 128 Å². The Hall–Kier alpha value is -5.60. The summed E-state index contributed by atoms with van der Waals surface area (Å²) < 4.78 is 0. The fourth-order valence-electron chi connectivity index (χ4n) is 7.78. The van der Waals surface area contributed by atoms with E-state index in [0.717, 1.165) is 96.3 Å². The van der Waals surface area contributed by atoms with E-state index in [9.17, 15) is 9.59 Å². The lowest BCUT2D eigenvalue weighted by Crippen LogP contribution is -2.48. The normalized spacial score (nSPS) is 11.0. The SMILES string of the molecule is CCCCCCN(CCCCCC)N(C(=O)c1ccccc1)c1cnc2ccccc2c1.CCCCCN(CCCCC)c1ccccc1C(=O)Nc1cnc2ccccc2c1. The van der Waals surface area contributed by atoms with Gasteiger partial charge in [-0.05, 0) is 74.2 Å². The van der Waals surface area contributed by atoms with E-state index < -0.39 is 0 Å². The third-order valence-electron chi connectivity index (χ3n) is 11.3. The van der Waals surface area contributed by atoms with Crippen LogP contribution in [0.25, 0.3) is 21.8 Å². The molecule has 2 heterocycles. The number of nitrogens with zero attached hydrogens (tertiary/aromatic N) is 5. The molecule has 6 aromatic rings. The minimum absolute atomic E-state index is 0.00802. The second-order valence-corrected chi connectivity index (χ2v) is 16.2. The lowest BCUT2D eigenvalue weighted by molar-refractivity contribution is 0.0888. The van der Waals surface area contributed by atoms with Crippen LogP contribution in [0.2, 0.25) is 0 Å². The number of fused-ring (bicyclic) bond motifs is 2. The fourth-order valence-corrected chi connectivity index (χ4v) is 7.78. The van der Waals surface area contributed by atoms with Crippen LogP contribution in [0.1, 0.15) is 138 Å². The summed E-state index contributed by atoms with van der Waals surface area (Å²) in [6, 6.07) is 37.6. The number of nitrogens with one attached hydrogen (secondary N) is 1. The lowest BCUT2D eigenvalue weighted by atomic mass is 10.1. The molecular formula is C54H70N6O2. The summed E-state index contributed by atoms with van der Waals surface area (Å²) in [5.41, 5.74) is 5.87. The Kier molecular flexibility index (Phi) is 20.4. The predicted octanol–water partition coefficient (Wildman–Crippen LogP) is 13.9. The second-order valence-electron chi connectivity index (χ2n) is 16.2. The Bertz CT molecular complexity index is 2200. The Morgan fingerprint density at radius 3 is 1.63 bits per heavy atom. The van der Waals surface area contributed by atoms with E-state index in [0.29, 0.717) is 5.56 Å². The number of pyridine rings is 2. The smallest absolute Gasteiger partial charge is 0.272 e. The van der Waals surface area contributed by atoms with Crippen LogP contribution in [0.4, 0.5) is 17.1 Å². The molecule has 8 nitrogen and oxygen atoms in total. The van der Waals surface area contributed by atoms with Gasteiger partial charge in [-0.25, -0.2) is 10.0 Å². The van der Waals surface area contributed by atoms with Gasteiger partial charge in [-0.1, -0.05) is 159 Å². The van der Waals surface area contributed by atoms with Crippen LogP contribution >= 0.6 is 0 Å². The van der Waals surface area contributed by atoms with Crippen LogP contribution in [-0.2, 0) is 0 Å². The molecule has 2 amide bonds. The number of amides is 2. The molecule has 0 spiro atoms. The molecule has 62 heavy (non-hydrogen) atoms. The molecule has 0 saturated carbocycles. The van der Waals surface area contributed by atoms with Gasteiger partial charge in [-0.3, -0.25) is 19.6 Å². The van der Waals surface area contributed by atoms with E-state index in [2.05, 4.69) is 71.1 Å². The average Bonchev–Trinajstić information content (AvgIpc) is 3.31. The number of aromatic nitrogens is 2. The molecule has 0 aliphatic heterocycles. The molecule has 4 aromatic carbocycles. The van der Waals surface area contributed by atoms with Gasteiger partial charge >= 0.3 is 0 Å². The minimum Gasteiger partial charge on any atom is -0.371 e. The van der Waals surface area contributed by atoms with E-state index >= 15 is 0 Å². The van der Waals surface area contributed by atoms with Gasteiger partial charge in [0.05, 0.1) is 40.4 Å². The molecule has 6 rings (SSSR count). The maximum atomic E-state index is 13.8. The summed E-state index contributed by atoms with van der Waals surface area (Å²) in [6.45, 7) is 12.6. The van der Waals surface area contributed by atoms with Gasteiger partial charge in [-0.15, -0.1) is 0 Å². The number of benzene rings is 4. The summed E-state index contributed by atoms with van der Waals surface area (Å²) in [5, 5.41) is 9.26. The zero-order valence-corrected chi connectivity index (χ0v) is 37.9. The van der Waals surface area contributed by atoms with Crippen molar-refractivity contribution in [3.05, 3.63) is 139 Å². The number of hydrazine groups is 1. The topological polar surface area (TPSA) is 81.7 Å². The highest BCUT2D eigenvalue weighted by molar-refractivity contribution is 6.09. The van der Waals surface area contributed by atoms with Gasteiger partial charge < -0.3 is 10.2 Å². The first-order valence-corrected chi connectivity index (χ1v) is 23.5. The van der Waals surface area contributed by atoms with Crippen LogP contribution in [-0.4, -0.2) is 53.0 Å². The lowest BCUT2D eigenvalue weighted by Gasteiger charge is -2.35. The number of carbonyl (C=O) groups excluding carboxylic acids is 2. The fraction of sp³-hybridized carbons (Fsp3) is 0.407. The number of unbranched alkanes of at least 4 members (excludes halogenated alkanes) is 10. The third-order valence-corrected chi connectivity index (χ3v) is 11.3. The van der Waals surface area contributed by atoms with Gasteiger partial charge in [0.1, 0.15) is 0 Å². The Labute approximate surface area is 371 Å². The Morgan fingerprint density at radius 1 is 0.516 bits per heavy atom. The van der Waals surface area contributed by atoms with Crippen molar-refractivity contribution in [3.8, 4) is 0 Å². The predicted molar refractivity (Wildman–Crippen MR) is 262 cm³/mol. The first-order chi connectivity index (χ1) is 30.5. The molecular weight excluding hydrogens is 765 g/mol. The third kappa shape index (κ3) is 14.5. The summed E-state index contributed by atoms with van der Waals surface area (Å²) in [5.74, 6) is -0.0765. The van der Waals surface area contributed by atoms with Crippen LogP contribution < -0.4 is 15.2 Å². The molecule has 328 valence electrons. The molecule has 0 saturated heterocycles. The van der Waals surface area contributed by atoms with E-state index in [4.69, 9.17) is 0 Å². The van der Waals surface area contributed by atoms with Crippen LogP contribution in [0.3, 0.4) is 0 Å². The zero-order valence-electron chi connectivity index (χ0n) is 37.9. The van der Waals surface area contributed by atoms with Crippen molar-refractivity contribution in [2.24, 2.45) is 0 Å². The number of hydrogen-bond donors (Lipinski definition) is 1. The largest absolute Gasteiger partial charge is 0.371 e. The van der Waals surface area contributed by atoms with Gasteiger partial charge in [0.2, 0.25) is 0 Å². The van der Waals surface area contributed by atoms with Gasteiger partial charge in [0.25, 0.3) is 11.8 Å². The number of para-hydroxylation sites is 3. The van der Waals surface area contributed by atoms with E-state index in [-0.39, 0.29) is 11.8 Å². The van der Waals surface area contributed by atoms with E-state index in [1.807, 2.05) is 108 Å². The summed E-state index contributed by atoms with van der Waals surface area (Å²) in [7, 11) is 0. The molecule has 8 heteroatoms. The molecule has 0 atom stereocenters. The Morgan fingerprint density at radius 2 is 1.02 bits per heavy atom. The van der Waals surface area contributed by atoms with Gasteiger partial charge in [-0.2, -0.15) is 0 Å². The van der Waals surface area contributed by atoms with Crippen molar-refractivity contribution in [2.45, 2.75) is 118 Å². The highest BCUT2D eigenvalue weighted by Crippen LogP contribution is 2.26. The quantitative estimate of drug-likeness (QED) is 0.0483. The molecule has 1 N–H and O–H groups in total. The van der Waals surface area contributed by atoms with E-state index in [1.165, 1.54) is 64.2 Å². The summed E-state index contributed by atoms with van der Waals surface area (Å²) in [4.78, 5) is 38.4. The van der Waals surface area contributed by atoms with Crippen molar-refractivity contribution in [2.75, 3.05) is 41.4 Å². The first-order valence-electron chi connectivity index (χ1n) is 23.5. The van der Waals surface area contributed by atoms with Crippen molar-refractivity contribution < 1.29 is 9.59 Å². The van der Waals surface area contributed by atoms with E-state index in [1.54, 1.807) is 6.20 Å². The maximum absolute atomic E-state index is 13.8. The second kappa shape index (κ2) is 26.7. The number of hydrogen-bond acceptors (Lipinski definition) is 6. The monoisotopic (exact) mass is 835 g/mol. The summed E-state index contributed by atoms with van der Waals surface area (Å²) in [6.07, 6.45) is 20.1. The molecule has 2 aromatic heterocycles. The van der Waals surface area contributed by atoms with Crippen molar-refractivity contribution in [1.82, 2.24) is 15.0 Å². The van der Waals surface area contributed by atoms with Crippen molar-refractivity contribution >= 4 is 50.7 Å². The first kappa shape index (κ1) is 47.4. The molecule has 0 unspecified atom stereocenters.